The van der Waals surface area contributed by atoms with Gasteiger partial charge in [-0.25, -0.2) is 24.2 Å². The Morgan fingerprint density at radius 3 is 1.87 bits per heavy atom. The summed E-state index contributed by atoms with van der Waals surface area (Å²) in [7, 11) is 0. The molecule has 0 bridgehead atoms. The van der Waals surface area contributed by atoms with Crippen molar-refractivity contribution in [1.29, 1.82) is 0 Å². The van der Waals surface area contributed by atoms with Crippen LogP contribution in [0.25, 0.3) is 11.0 Å². The number of carbonyl (C=O) groups is 4. The number of aromatic nitrogens is 2. The predicted octanol–water partition coefficient (Wildman–Crippen LogP) is 1.16. The molecule has 3 rings (SSSR count). The number of carboxylic acid groups (broad SMARTS) is 4. The Hall–Kier alpha value is -4.69. The van der Waals surface area contributed by atoms with Crippen LogP contribution in [0.3, 0.4) is 0 Å². The number of aliphatic carboxylic acids is 4. The van der Waals surface area contributed by atoms with Crippen molar-refractivity contribution in [2.75, 3.05) is 19.8 Å². The van der Waals surface area contributed by atoms with Crippen LogP contribution in [0.2, 0.25) is 0 Å². The first-order valence-electron chi connectivity index (χ1n) is 11.5. The van der Waals surface area contributed by atoms with E-state index in [9.17, 15) is 5.11 Å². The van der Waals surface area contributed by atoms with Crippen LogP contribution in [-0.2, 0) is 25.7 Å². The molecule has 3 aromatic rings. The lowest BCUT2D eigenvalue weighted by molar-refractivity contribution is -0.159. The van der Waals surface area contributed by atoms with E-state index in [1.54, 1.807) is 0 Å². The number of nitrogens with zero attached hydrogens (tertiary/aromatic N) is 2. The van der Waals surface area contributed by atoms with Gasteiger partial charge in [-0.3, -0.25) is 0 Å². The first kappa shape index (κ1) is 32.3. The van der Waals surface area contributed by atoms with Crippen LogP contribution in [-0.4, -0.2) is 90.9 Å². The first-order valence-corrected chi connectivity index (χ1v) is 11.5. The molecule has 14 heteroatoms. The van der Waals surface area contributed by atoms with Crippen LogP contribution in [0, 0.1) is 0 Å². The van der Waals surface area contributed by atoms with Crippen LogP contribution in [0.4, 0.5) is 0 Å². The normalized spacial score (nSPS) is 10.9. The minimum atomic E-state index is -1.82. The number of ether oxygens (including phenoxy) is 2. The maximum absolute atomic E-state index is 9.88. The minimum Gasteiger partial charge on any atom is -0.492 e. The standard InChI is InChI=1S/C21H27N3O3.2C2H2O4/c1-16(2)22-13-17(25)14-27-19-9-7-18(8-10-19)26-12-11-24-15-23-20-5-3-4-6-21(20)24;2*3-1(4)2(5)6/h3-10,15-17,22,25H,11-14H2,1-2H3;2*(H,3,4)(H,5,6). The second-order valence-corrected chi connectivity index (χ2v) is 7.99. The zero-order chi connectivity index (χ0) is 29.4. The lowest BCUT2D eigenvalue weighted by atomic mass is 10.3. The van der Waals surface area contributed by atoms with Crippen molar-refractivity contribution in [3.05, 3.63) is 54.9 Å². The molecule has 0 saturated carbocycles. The van der Waals surface area contributed by atoms with Gasteiger partial charge in [0.15, 0.2) is 0 Å². The molecule has 0 aliphatic heterocycles. The molecule has 0 aliphatic carbocycles. The molecule has 212 valence electrons. The number of hydrogen-bond donors (Lipinski definition) is 6. The summed E-state index contributed by atoms with van der Waals surface area (Å²) in [5, 5.41) is 42.6. The number of carboxylic acids is 4. The highest BCUT2D eigenvalue weighted by Gasteiger charge is 2.07. The van der Waals surface area contributed by atoms with Gasteiger partial charge < -0.3 is 44.9 Å². The molecule has 0 aliphatic rings. The quantitative estimate of drug-likeness (QED) is 0.196. The van der Waals surface area contributed by atoms with Gasteiger partial charge in [-0.05, 0) is 36.4 Å². The lowest BCUT2D eigenvalue weighted by Crippen LogP contribution is -2.35. The van der Waals surface area contributed by atoms with E-state index in [0.717, 1.165) is 23.3 Å². The topological polar surface area (TPSA) is 218 Å². The predicted molar refractivity (Wildman–Crippen MR) is 137 cm³/mol. The summed E-state index contributed by atoms with van der Waals surface area (Å²) < 4.78 is 13.5. The molecule has 1 aromatic heterocycles. The third kappa shape index (κ3) is 13.4. The molecule has 1 unspecified atom stereocenters. The van der Waals surface area contributed by atoms with Crippen molar-refractivity contribution in [3.63, 3.8) is 0 Å². The molecule has 0 amide bonds. The Balaban J connectivity index is 0.000000530. The van der Waals surface area contributed by atoms with Gasteiger partial charge in [0, 0.05) is 12.6 Å². The summed E-state index contributed by atoms with van der Waals surface area (Å²) in [5.41, 5.74) is 2.10. The van der Waals surface area contributed by atoms with Crippen molar-refractivity contribution >= 4 is 34.9 Å². The van der Waals surface area contributed by atoms with Crippen LogP contribution in [0.1, 0.15) is 13.8 Å². The number of benzene rings is 2. The molecule has 39 heavy (non-hydrogen) atoms. The molecular weight excluding hydrogens is 518 g/mol. The molecule has 2 aromatic carbocycles. The van der Waals surface area contributed by atoms with E-state index in [1.165, 1.54) is 0 Å². The SMILES string of the molecule is CC(C)NCC(O)COc1ccc(OCCn2cnc3ccccc32)cc1.O=C(O)C(=O)O.O=C(O)C(=O)O. The van der Waals surface area contributed by atoms with Crippen LogP contribution >= 0.6 is 0 Å². The molecule has 6 N–H and O–H groups in total. The molecule has 0 fully saturated rings. The third-order valence-corrected chi connectivity index (χ3v) is 4.52. The number of aliphatic hydroxyl groups is 1. The van der Waals surface area contributed by atoms with Gasteiger partial charge in [-0.2, -0.15) is 0 Å². The molecule has 1 atom stereocenters. The van der Waals surface area contributed by atoms with E-state index < -0.39 is 30.0 Å². The summed E-state index contributed by atoms with van der Waals surface area (Å²) in [4.78, 5) is 40.8. The fourth-order valence-electron chi connectivity index (χ4n) is 2.71. The van der Waals surface area contributed by atoms with Crippen molar-refractivity contribution in [2.45, 2.75) is 32.5 Å². The van der Waals surface area contributed by atoms with E-state index in [4.69, 9.17) is 49.1 Å². The first-order chi connectivity index (χ1) is 18.4. The van der Waals surface area contributed by atoms with Crippen molar-refractivity contribution < 1.29 is 54.2 Å². The van der Waals surface area contributed by atoms with Gasteiger partial charge in [-0.1, -0.05) is 26.0 Å². The average Bonchev–Trinajstić information content (AvgIpc) is 3.30. The van der Waals surface area contributed by atoms with E-state index in [2.05, 4.69) is 20.9 Å². The summed E-state index contributed by atoms with van der Waals surface area (Å²) >= 11 is 0. The Bertz CT molecular complexity index is 1160. The number of nitrogens with one attached hydrogen (secondary N) is 1. The molecule has 0 radical (unpaired) electrons. The number of fused-ring (bicyclic) bond motifs is 1. The van der Waals surface area contributed by atoms with Gasteiger partial charge in [0.1, 0.15) is 30.8 Å². The van der Waals surface area contributed by atoms with Gasteiger partial charge in [0.25, 0.3) is 0 Å². The fourth-order valence-corrected chi connectivity index (χ4v) is 2.71. The van der Waals surface area contributed by atoms with E-state index in [0.29, 0.717) is 24.9 Å². The van der Waals surface area contributed by atoms with Gasteiger partial charge in [-0.15, -0.1) is 0 Å². The Kier molecular flexibility index (Phi) is 14.0. The monoisotopic (exact) mass is 549 g/mol. The highest BCUT2D eigenvalue weighted by molar-refractivity contribution is 6.27. The second kappa shape index (κ2) is 16.9. The maximum Gasteiger partial charge on any atom is 0.414 e. The highest BCUT2D eigenvalue weighted by atomic mass is 16.5. The number of para-hydroxylation sites is 2. The largest absolute Gasteiger partial charge is 0.492 e. The lowest BCUT2D eigenvalue weighted by Gasteiger charge is -2.15. The van der Waals surface area contributed by atoms with E-state index in [-0.39, 0.29) is 6.61 Å². The van der Waals surface area contributed by atoms with Crippen molar-refractivity contribution in [2.24, 2.45) is 0 Å². The Morgan fingerprint density at radius 1 is 0.846 bits per heavy atom. The van der Waals surface area contributed by atoms with Crippen LogP contribution < -0.4 is 14.8 Å². The second-order valence-electron chi connectivity index (χ2n) is 7.99. The summed E-state index contributed by atoms with van der Waals surface area (Å²) in [5.74, 6) is -5.80. The third-order valence-electron chi connectivity index (χ3n) is 4.52. The van der Waals surface area contributed by atoms with E-state index in [1.807, 2.05) is 62.6 Å². The number of rotatable bonds is 10. The highest BCUT2D eigenvalue weighted by Crippen LogP contribution is 2.18. The maximum atomic E-state index is 9.88. The number of hydrogen-bond acceptors (Lipinski definition) is 9. The number of imidazole rings is 1. The molecule has 1 heterocycles. The molecule has 0 spiro atoms. The average molecular weight is 550 g/mol. The van der Waals surface area contributed by atoms with Gasteiger partial charge in [0.2, 0.25) is 0 Å². The van der Waals surface area contributed by atoms with Gasteiger partial charge >= 0.3 is 23.9 Å². The number of aliphatic hydroxyl groups excluding tert-OH is 1. The van der Waals surface area contributed by atoms with Crippen LogP contribution in [0.5, 0.6) is 11.5 Å². The smallest absolute Gasteiger partial charge is 0.414 e. The Labute approximate surface area is 223 Å². The van der Waals surface area contributed by atoms with Crippen molar-refractivity contribution in [1.82, 2.24) is 14.9 Å². The molecule has 0 saturated heterocycles. The van der Waals surface area contributed by atoms with E-state index >= 15 is 0 Å². The summed E-state index contributed by atoms with van der Waals surface area (Å²) in [6.07, 6.45) is 1.30. The van der Waals surface area contributed by atoms with Crippen molar-refractivity contribution in [3.8, 4) is 11.5 Å². The molecule has 14 nitrogen and oxygen atoms in total. The molecular formula is C25H31N3O11. The minimum absolute atomic E-state index is 0.258. The summed E-state index contributed by atoms with van der Waals surface area (Å²) in [6, 6.07) is 15.8. The Morgan fingerprint density at radius 2 is 1.36 bits per heavy atom. The fraction of sp³-hybridized carbons (Fsp3) is 0.320. The summed E-state index contributed by atoms with van der Waals surface area (Å²) in [6.45, 7) is 6.15. The zero-order valence-corrected chi connectivity index (χ0v) is 21.3. The van der Waals surface area contributed by atoms with Gasteiger partial charge in [0.05, 0.1) is 23.9 Å². The van der Waals surface area contributed by atoms with Crippen LogP contribution in [0.15, 0.2) is 54.9 Å². The zero-order valence-electron chi connectivity index (χ0n) is 21.3.